The summed E-state index contributed by atoms with van der Waals surface area (Å²) in [5.41, 5.74) is -0.637. The number of aryl methyl sites for hydroxylation is 2. The van der Waals surface area contributed by atoms with E-state index in [-0.39, 0.29) is 17.8 Å². The van der Waals surface area contributed by atoms with Gasteiger partial charge >= 0.3 is 5.69 Å². The number of rotatable bonds is 3. The third-order valence-corrected chi connectivity index (χ3v) is 2.68. The van der Waals surface area contributed by atoms with E-state index in [1.165, 1.54) is 21.4 Å². The molecule has 0 aliphatic carbocycles. The van der Waals surface area contributed by atoms with Crippen molar-refractivity contribution in [3.63, 3.8) is 0 Å². The zero-order valence-electron chi connectivity index (χ0n) is 9.83. The summed E-state index contributed by atoms with van der Waals surface area (Å²) in [5.74, 6) is 0.706. The quantitative estimate of drug-likeness (QED) is 0.739. The summed E-state index contributed by atoms with van der Waals surface area (Å²) in [7, 11) is 1.62. The van der Waals surface area contributed by atoms with Gasteiger partial charge in [-0.3, -0.25) is 9.36 Å². The summed E-state index contributed by atoms with van der Waals surface area (Å²) >= 11 is 0. The fourth-order valence-electron chi connectivity index (χ4n) is 1.68. The average molecular weight is 234 g/mol. The van der Waals surface area contributed by atoms with E-state index in [0.717, 1.165) is 6.54 Å². The molecule has 0 aliphatic heterocycles. The molecule has 0 atom stereocenters. The van der Waals surface area contributed by atoms with E-state index in [4.69, 9.17) is 0 Å². The zero-order valence-corrected chi connectivity index (χ0v) is 9.83. The molecule has 2 rings (SSSR count). The van der Waals surface area contributed by atoms with E-state index < -0.39 is 0 Å². The van der Waals surface area contributed by atoms with Gasteiger partial charge in [0.1, 0.15) is 5.82 Å². The van der Waals surface area contributed by atoms with Crippen molar-refractivity contribution in [1.29, 1.82) is 0 Å². The molecule has 0 bridgehead atoms. The SMILES string of the molecule is CCn1ccnc1Cn1c(=O)ccn(C)c1=O. The molecule has 0 radical (unpaired) electrons. The molecule has 6 nitrogen and oxygen atoms in total. The molecule has 6 heteroatoms. The fraction of sp³-hybridized carbons (Fsp3) is 0.364. The van der Waals surface area contributed by atoms with Crippen LogP contribution in [0.1, 0.15) is 12.7 Å². The Balaban J connectivity index is 2.47. The Hall–Kier alpha value is -2.11. The van der Waals surface area contributed by atoms with Gasteiger partial charge < -0.3 is 9.13 Å². The van der Waals surface area contributed by atoms with Crippen LogP contribution in [0.2, 0.25) is 0 Å². The molecule has 0 saturated heterocycles. The van der Waals surface area contributed by atoms with Crippen molar-refractivity contribution in [3.8, 4) is 0 Å². The molecule has 0 aromatic carbocycles. The lowest BCUT2D eigenvalue weighted by molar-refractivity contribution is 0.589. The van der Waals surface area contributed by atoms with Gasteiger partial charge in [-0.15, -0.1) is 0 Å². The van der Waals surface area contributed by atoms with E-state index >= 15 is 0 Å². The highest BCUT2D eigenvalue weighted by Gasteiger charge is 2.07. The number of aromatic nitrogens is 4. The van der Waals surface area contributed by atoms with Crippen LogP contribution >= 0.6 is 0 Å². The van der Waals surface area contributed by atoms with Crippen molar-refractivity contribution in [3.05, 3.63) is 51.3 Å². The third kappa shape index (κ3) is 2.06. The van der Waals surface area contributed by atoms with Gasteiger partial charge in [0.2, 0.25) is 0 Å². The molecule has 0 unspecified atom stereocenters. The van der Waals surface area contributed by atoms with Crippen molar-refractivity contribution < 1.29 is 0 Å². The van der Waals surface area contributed by atoms with Gasteiger partial charge in [-0.05, 0) is 6.92 Å². The molecule has 0 amide bonds. The number of hydrogen-bond donors (Lipinski definition) is 0. The third-order valence-electron chi connectivity index (χ3n) is 2.68. The van der Waals surface area contributed by atoms with E-state index in [2.05, 4.69) is 4.98 Å². The number of imidazole rings is 1. The summed E-state index contributed by atoms with van der Waals surface area (Å²) in [6.07, 6.45) is 4.96. The highest BCUT2D eigenvalue weighted by atomic mass is 16.2. The van der Waals surface area contributed by atoms with Crippen LogP contribution in [0.25, 0.3) is 0 Å². The van der Waals surface area contributed by atoms with Crippen molar-refractivity contribution in [1.82, 2.24) is 18.7 Å². The minimum Gasteiger partial charge on any atom is -0.334 e. The van der Waals surface area contributed by atoms with Crippen LogP contribution in [0.5, 0.6) is 0 Å². The van der Waals surface area contributed by atoms with Gasteiger partial charge in [0, 0.05) is 38.2 Å². The van der Waals surface area contributed by atoms with Gasteiger partial charge in [-0.2, -0.15) is 0 Å². The van der Waals surface area contributed by atoms with Crippen LogP contribution < -0.4 is 11.2 Å². The minimum absolute atomic E-state index is 0.202. The van der Waals surface area contributed by atoms with Crippen LogP contribution in [0.4, 0.5) is 0 Å². The Morgan fingerprint density at radius 2 is 2.06 bits per heavy atom. The molecular weight excluding hydrogens is 220 g/mol. The molecule has 2 aromatic heterocycles. The Morgan fingerprint density at radius 3 is 2.76 bits per heavy atom. The monoisotopic (exact) mass is 234 g/mol. The molecule has 0 fully saturated rings. The second-order valence-electron chi connectivity index (χ2n) is 3.76. The second kappa shape index (κ2) is 4.40. The molecule has 90 valence electrons. The van der Waals surface area contributed by atoms with Gasteiger partial charge in [-0.25, -0.2) is 9.78 Å². The van der Waals surface area contributed by atoms with Gasteiger partial charge in [-0.1, -0.05) is 0 Å². The maximum absolute atomic E-state index is 11.8. The Kier molecular flexibility index (Phi) is 2.95. The van der Waals surface area contributed by atoms with Gasteiger partial charge in [0.15, 0.2) is 0 Å². The zero-order chi connectivity index (χ0) is 12.4. The first-order chi connectivity index (χ1) is 8.13. The predicted octanol–water partition coefficient (Wildman–Crippen LogP) is -0.188. The second-order valence-corrected chi connectivity index (χ2v) is 3.76. The van der Waals surface area contributed by atoms with Crippen LogP contribution in [0, 0.1) is 0 Å². The Labute approximate surface area is 97.8 Å². The predicted molar refractivity (Wildman–Crippen MR) is 62.9 cm³/mol. The standard InChI is InChI=1S/C11H14N4O2/c1-3-14-7-5-12-9(14)8-15-10(16)4-6-13(2)11(15)17/h4-7H,3,8H2,1-2H3. The topological polar surface area (TPSA) is 61.8 Å². The van der Waals surface area contributed by atoms with Gasteiger partial charge in [0.05, 0.1) is 6.54 Å². The summed E-state index contributed by atoms with van der Waals surface area (Å²) in [5, 5.41) is 0. The first-order valence-corrected chi connectivity index (χ1v) is 5.40. The highest BCUT2D eigenvalue weighted by molar-refractivity contribution is 4.95. The van der Waals surface area contributed by atoms with E-state index in [1.54, 1.807) is 13.2 Å². The molecule has 0 aliphatic rings. The van der Waals surface area contributed by atoms with Crippen LogP contribution in [0.15, 0.2) is 34.2 Å². The molecule has 17 heavy (non-hydrogen) atoms. The fourth-order valence-corrected chi connectivity index (χ4v) is 1.68. The van der Waals surface area contributed by atoms with Crippen LogP contribution in [0.3, 0.4) is 0 Å². The maximum Gasteiger partial charge on any atom is 0.331 e. The van der Waals surface area contributed by atoms with Crippen molar-refractivity contribution in [2.45, 2.75) is 20.0 Å². The minimum atomic E-state index is -0.330. The van der Waals surface area contributed by atoms with Crippen molar-refractivity contribution in [2.24, 2.45) is 7.05 Å². The van der Waals surface area contributed by atoms with E-state index in [0.29, 0.717) is 5.82 Å². The molecule has 0 spiro atoms. The molecule has 2 heterocycles. The molecule has 0 N–H and O–H groups in total. The van der Waals surface area contributed by atoms with E-state index in [9.17, 15) is 9.59 Å². The lowest BCUT2D eigenvalue weighted by atomic mass is 10.5. The van der Waals surface area contributed by atoms with E-state index in [1.807, 2.05) is 17.7 Å². The van der Waals surface area contributed by atoms with Crippen LogP contribution in [-0.4, -0.2) is 18.7 Å². The largest absolute Gasteiger partial charge is 0.334 e. The summed E-state index contributed by atoms with van der Waals surface area (Å²) < 4.78 is 4.45. The first kappa shape index (κ1) is 11.4. The number of hydrogen-bond acceptors (Lipinski definition) is 3. The lowest BCUT2D eigenvalue weighted by Gasteiger charge is -2.07. The molecule has 0 saturated carbocycles. The smallest absolute Gasteiger partial charge is 0.331 e. The maximum atomic E-state index is 11.8. The highest BCUT2D eigenvalue weighted by Crippen LogP contribution is 1.97. The van der Waals surface area contributed by atoms with Crippen molar-refractivity contribution >= 4 is 0 Å². The summed E-state index contributed by atoms with van der Waals surface area (Å²) in [4.78, 5) is 27.6. The summed E-state index contributed by atoms with van der Waals surface area (Å²) in [6.45, 7) is 2.95. The average Bonchev–Trinajstić information content (AvgIpc) is 2.77. The number of nitrogens with zero attached hydrogens (tertiary/aromatic N) is 4. The first-order valence-electron chi connectivity index (χ1n) is 5.40. The lowest BCUT2D eigenvalue weighted by Crippen LogP contribution is -2.38. The molecular formula is C11H14N4O2. The van der Waals surface area contributed by atoms with Crippen molar-refractivity contribution in [2.75, 3.05) is 0 Å². The summed E-state index contributed by atoms with van der Waals surface area (Å²) in [6, 6.07) is 1.38. The Bertz CT molecular complexity index is 635. The normalized spacial score (nSPS) is 10.7. The Morgan fingerprint density at radius 1 is 1.29 bits per heavy atom. The van der Waals surface area contributed by atoms with Gasteiger partial charge in [0.25, 0.3) is 5.56 Å². The van der Waals surface area contributed by atoms with Crippen LogP contribution in [-0.2, 0) is 20.1 Å². The molecule has 2 aromatic rings.